The molecule has 1 aliphatic rings. The molecule has 10 heteroatoms. The maximum Gasteiger partial charge on any atom is 0.416 e. The highest BCUT2D eigenvalue weighted by molar-refractivity contribution is 5.90. The fraction of sp³-hybridized carbons (Fsp3) is 0.333. The van der Waals surface area contributed by atoms with Crippen LogP contribution in [0.1, 0.15) is 40.1 Å². The maximum atomic E-state index is 13.2. The third-order valence-electron chi connectivity index (χ3n) is 6.39. The number of likely N-dealkylation sites (tertiary alicyclic amines) is 1. The Morgan fingerprint density at radius 2 is 1.81 bits per heavy atom. The number of alkyl halides is 3. The lowest BCUT2D eigenvalue weighted by atomic mass is 10.0. The van der Waals surface area contributed by atoms with Crippen molar-refractivity contribution in [3.05, 3.63) is 89.4 Å². The van der Waals surface area contributed by atoms with Crippen LogP contribution in [0.3, 0.4) is 0 Å². The molecular weight excluding hydrogens is 487 g/mol. The number of furan rings is 1. The number of methoxy groups -OCH3 is 1. The van der Waals surface area contributed by atoms with Gasteiger partial charge in [0.25, 0.3) is 0 Å². The van der Waals surface area contributed by atoms with Crippen molar-refractivity contribution in [1.82, 2.24) is 9.80 Å². The van der Waals surface area contributed by atoms with Crippen LogP contribution in [-0.2, 0) is 24.0 Å². The van der Waals surface area contributed by atoms with Crippen molar-refractivity contribution in [3.63, 3.8) is 0 Å². The average Bonchev–Trinajstić information content (AvgIpc) is 3.41. The van der Waals surface area contributed by atoms with Gasteiger partial charge in [-0.1, -0.05) is 18.2 Å². The van der Waals surface area contributed by atoms with Gasteiger partial charge in [0, 0.05) is 31.4 Å². The van der Waals surface area contributed by atoms with Gasteiger partial charge in [0.1, 0.15) is 5.76 Å². The van der Waals surface area contributed by atoms with E-state index in [0.717, 1.165) is 30.8 Å². The predicted octanol–water partition coefficient (Wildman–Crippen LogP) is 5.78. The molecule has 4 rings (SSSR count). The topological polar surface area (TPSA) is 75.0 Å². The van der Waals surface area contributed by atoms with Crippen LogP contribution in [0.5, 0.6) is 0 Å². The van der Waals surface area contributed by atoms with E-state index < -0.39 is 17.8 Å². The second-order valence-electron chi connectivity index (χ2n) is 8.91. The van der Waals surface area contributed by atoms with Gasteiger partial charge in [-0.05, 0) is 60.9 Å². The van der Waals surface area contributed by atoms with Crippen molar-refractivity contribution in [2.45, 2.75) is 38.1 Å². The minimum absolute atomic E-state index is 0.0807. The minimum Gasteiger partial charge on any atom is -0.467 e. The quantitative estimate of drug-likeness (QED) is 0.404. The molecule has 0 unspecified atom stereocenters. The lowest BCUT2D eigenvalue weighted by molar-refractivity contribution is -0.137. The number of nitrogens with zero attached hydrogens (tertiary/aromatic N) is 2. The molecule has 2 aromatic carbocycles. The fourth-order valence-electron chi connectivity index (χ4n) is 4.42. The first-order valence-corrected chi connectivity index (χ1v) is 11.9. The number of nitrogens with one attached hydrogen (secondary N) is 1. The van der Waals surface area contributed by atoms with Gasteiger partial charge in [0.15, 0.2) is 0 Å². The number of urea groups is 1. The Morgan fingerprint density at radius 3 is 2.43 bits per heavy atom. The summed E-state index contributed by atoms with van der Waals surface area (Å²) >= 11 is 0. The van der Waals surface area contributed by atoms with Crippen LogP contribution in [0.15, 0.2) is 71.3 Å². The summed E-state index contributed by atoms with van der Waals surface area (Å²) in [4.78, 5) is 28.7. The van der Waals surface area contributed by atoms with Gasteiger partial charge >= 0.3 is 18.2 Å². The van der Waals surface area contributed by atoms with Crippen LogP contribution in [0.4, 0.5) is 23.7 Å². The SMILES string of the molecule is COC(=O)c1ccc(CN2CCC(N(Cc3ccco3)C(=O)Nc3cccc(C(F)(F)F)c3)CC2)cc1. The number of piperidine rings is 1. The summed E-state index contributed by atoms with van der Waals surface area (Å²) < 4.78 is 49.5. The number of benzene rings is 2. The number of amides is 2. The monoisotopic (exact) mass is 515 g/mol. The first-order chi connectivity index (χ1) is 17.7. The Morgan fingerprint density at radius 1 is 1.08 bits per heavy atom. The molecule has 2 amide bonds. The summed E-state index contributed by atoms with van der Waals surface area (Å²) in [6.07, 6.45) is -1.60. The molecular formula is C27H28F3N3O4. The number of ether oxygens (including phenoxy) is 1. The molecule has 0 aliphatic carbocycles. The predicted molar refractivity (Wildman–Crippen MR) is 131 cm³/mol. The van der Waals surface area contributed by atoms with E-state index >= 15 is 0 Å². The summed E-state index contributed by atoms with van der Waals surface area (Å²) in [6.45, 7) is 2.37. The van der Waals surface area contributed by atoms with Gasteiger partial charge in [0.05, 0.1) is 31.0 Å². The minimum atomic E-state index is -4.50. The largest absolute Gasteiger partial charge is 0.467 e. The van der Waals surface area contributed by atoms with E-state index in [0.29, 0.717) is 30.7 Å². The molecule has 0 atom stereocenters. The summed E-state index contributed by atoms with van der Waals surface area (Å²) in [5.41, 5.74) is 0.805. The Labute approximate surface area is 212 Å². The van der Waals surface area contributed by atoms with Gasteiger partial charge in [-0.15, -0.1) is 0 Å². The molecule has 196 valence electrons. The van der Waals surface area contributed by atoms with Crippen molar-refractivity contribution in [1.29, 1.82) is 0 Å². The second kappa shape index (κ2) is 11.5. The summed E-state index contributed by atoms with van der Waals surface area (Å²) in [6, 6.07) is 14.7. The zero-order valence-electron chi connectivity index (χ0n) is 20.3. The second-order valence-corrected chi connectivity index (χ2v) is 8.91. The molecule has 2 heterocycles. The molecule has 3 aromatic rings. The van der Waals surface area contributed by atoms with Crippen LogP contribution >= 0.6 is 0 Å². The molecule has 0 bridgehead atoms. The molecule has 0 spiro atoms. The maximum absolute atomic E-state index is 13.2. The van der Waals surface area contributed by atoms with Gasteiger partial charge in [-0.25, -0.2) is 9.59 Å². The van der Waals surface area contributed by atoms with Gasteiger partial charge in [-0.3, -0.25) is 4.90 Å². The highest BCUT2D eigenvalue weighted by atomic mass is 19.4. The molecule has 0 saturated carbocycles. The Balaban J connectivity index is 1.40. The third-order valence-corrected chi connectivity index (χ3v) is 6.39. The number of hydrogen-bond acceptors (Lipinski definition) is 5. The number of esters is 1. The molecule has 1 fully saturated rings. The van der Waals surface area contributed by atoms with E-state index in [4.69, 9.17) is 9.15 Å². The zero-order chi connectivity index (χ0) is 26.4. The first-order valence-electron chi connectivity index (χ1n) is 11.9. The molecule has 1 N–H and O–H groups in total. The van der Waals surface area contributed by atoms with Gasteiger partial charge in [0.2, 0.25) is 0 Å². The highest BCUT2D eigenvalue weighted by Gasteiger charge is 2.32. The molecule has 1 aliphatic heterocycles. The summed E-state index contributed by atoms with van der Waals surface area (Å²) in [7, 11) is 1.34. The number of hydrogen-bond donors (Lipinski definition) is 1. The van der Waals surface area contributed by atoms with E-state index in [1.165, 1.54) is 25.5 Å². The van der Waals surface area contributed by atoms with Crippen molar-refractivity contribution < 1.29 is 31.9 Å². The number of halogens is 3. The smallest absolute Gasteiger partial charge is 0.416 e. The van der Waals surface area contributed by atoms with E-state index in [2.05, 4.69) is 10.2 Å². The highest BCUT2D eigenvalue weighted by Crippen LogP contribution is 2.31. The van der Waals surface area contributed by atoms with E-state index in [9.17, 15) is 22.8 Å². The third kappa shape index (κ3) is 6.91. The lowest BCUT2D eigenvalue weighted by Gasteiger charge is -2.38. The Bertz CT molecular complexity index is 1190. The lowest BCUT2D eigenvalue weighted by Crippen LogP contribution is -2.48. The number of rotatable bonds is 7. The summed E-state index contributed by atoms with van der Waals surface area (Å²) in [5.74, 6) is 0.208. The van der Waals surface area contributed by atoms with Crippen molar-refractivity contribution in [2.75, 3.05) is 25.5 Å². The first kappa shape index (κ1) is 26.3. The van der Waals surface area contributed by atoms with E-state index in [1.807, 2.05) is 12.1 Å². The molecule has 7 nitrogen and oxygen atoms in total. The molecule has 1 aromatic heterocycles. The van der Waals surface area contributed by atoms with Crippen LogP contribution in [-0.4, -0.2) is 48.0 Å². The number of carbonyl (C=O) groups is 2. The van der Waals surface area contributed by atoms with Gasteiger partial charge in [-0.2, -0.15) is 13.2 Å². The van der Waals surface area contributed by atoms with Crippen molar-refractivity contribution >= 4 is 17.7 Å². The van der Waals surface area contributed by atoms with Crippen LogP contribution in [0, 0.1) is 0 Å². The van der Waals surface area contributed by atoms with E-state index in [-0.39, 0.29) is 24.2 Å². The summed E-state index contributed by atoms with van der Waals surface area (Å²) in [5, 5.41) is 2.63. The standard InChI is InChI=1S/C27H28F3N3O4/c1-36-25(34)20-9-7-19(8-10-20)17-32-13-11-23(12-14-32)33(18-24-6-3-15-37-24)26(35)31-22-5-2-4-21(16-22)27(28,29)30/h2-10,15-16,23H,11-14,17-18H2,1H3,(H,31,35). The average molecular weight is 516 g/mol. The van der Waals surface area contributed by atoms with Crippen LogP contribution in [0.2, 0.25) is 0 Å². The Kier molecular flexibility index (Phi) is 8.17. The van der Waals surface area contributed by atoms with Crippen LogP contribution in [0.25, 0.3) is 0 Å². The normalized spacial score (nSPS) is 14.8. The number of anilines is 1. The van der Waals surface area contributed by atoms with E-state index in [1.54, 1.807) is 29.2 Å². The van der Waals surface area contributed by atoms with Crippen molar-refractivity contribution in [3.8, 4) is 0 Å². The van der Waals surface area contributed by atoms with Gasteiger partial charge < -0.3 is 19.4 Å². The molecule has 37 heavy (non-hydrogen) atoms. The zero-order valence-corrected chi connectivity index (χ0v) is 20.3. The Hall–Kier alpha value is -3.79. The number of carbonyl (C=O) groups excluding carboxylic acids is 2. The fourth-order valence-corrected chi connectivity index (χ4v) is 4.42. The molecule has 1 saturated heterocycles. The van der Waals surface area contributed by atoms with Crippen molar-refractivity contribution in [2.24, 2.45) is 0 Å². The van der Waals surface area contributed by atoms with Crippen LogP contribution < -0.4 is 5.32 Å². The molecule has 0 radical (unpaired) electrons.